The van der Waals surface area contributed by atoms with Gasteiger partial charge in [0, 0.05) is 39.8 Å². The van der Waals surface area contributed by atoms with Crippen molar-refractivity contribution in [1.29, 1.82) is 0 Å². The number of guanidine groups is 1. The molecule has 8 heteroatoms. The van der Waals surface area contributed by atoms with Gasteiger partial charge in [0.25, 0.3) is 0 Å². The van der Waals surface area contributed by atoms with Crippen molar-refractivity contribution in [2.75, 3.05) is 59.1 Å². The molecular weight excluding hydrogens is 302 g/mol. The molecule has 0 radical (unpaired) electrons. The third-order valence-corrected chi connectivity index (χ3v) is 5.01. The highest BCUT2D eigenvalue weighted by atomic mass is 32.2. The molecule has 2 N–H and O–H groups in total. The van der Waals surface area contributed by atoms with Crippen molar-refractivity contribution in [2.24, 2.45) is 10.9 Å². The quantitative estimate of drug-likeness (QED) is 0.391. The van der Waals surface area contributed by atoms with Crippen LogP contribution < -0.4 is 10.0 Å². The summed E-state index contributed by atoms with van der Waals surface area (Å²) in [6.45, 7) is 6.69. The Morgan fingerprint density at radius 1 is 1.23 bits per heavy atom. The van der Waals surface area contributed by atoms with Gasteiger partial charge in [-0.3, -0.25) is 4.99 Å². The Kier molecular flexibility index (Phi) is 6.46. The predicted octanol–water partition coefficient (Wildman–Crippen LogP) is -0.471. The van der Waals surface area contributed by atoms with Crippen LogP contribution in [0.5, 0.6) is 0 Å². The van der Waals surface area contributed by atoms with Crippen molar-refractivity contribution < 1.29 is 8.42 Å². The molecule has 0 bridgehead atoms. The Morgan fingerprint density at radius 3 is 2.59 bits per heavy atom. The summed E-state index contributed by atoms with van der Waals surface area (Å²) in [6.07, 6.45) is 5.06. The van der Waals surface area contributed by atoms with Crippen LogP contribution in [-0.2, 0) is 10.0 Å². The van der Waals surface area contributed by atoms with Crippen molar-refractivity contribution in [3.8, 4) is 0 Å². The normalized spacial score (nSPS) is 24.2. The molecule has 0 aromatic heterocycles. The molecule has 2 aliphatic rings. The van der Waals surface area contributed by atoms with Gasteiger partial charge in [-0.15, -0.1) is 0 Å². The van der Waals surface area contributed by atoms with Crippen LogP contribution in [0.1, 0.15) is 19.3 Å². The van der Waals surface area contributed by atoms with Crippen molar-refractivity contribution in [3.63, 3.8) is 0 Å². The number of likely N-dealkylation sites (tertiary alicyclic amines) is 2. The van der Waals surface area contributed by atoms with Crippen molar-refractivity contribution >= 4 is 16.0 Å². The molecule has 128 valence electrons. The van der Waals surface area contributed by atoms with Crippen molar-refractivity contribution in [2.45, 2.75) is 19.3 Å². The van der Waals surface area contributed by atoms with Crippen molar-refractivity contribution in [3.05, 3.63) is 0 Å². The maximum absolute atomic E-state index is 11.0. The fourth-order valence-electron chi connectivity index (χ4n) is 3.25. The van der Waals surface area contributed by atoms with Crippen LogP contribution in [0.3, 0.4) is 0 Å². The summed E-state index contributed by atoms with van der Waals surface area (Å²) in [5, 5.41) is 3.23. The monoisotopic (exact) mass is 331 g/mol. The number of hydrogen-bond acceptors (Lipinski definition) is 4. The summed E-state index contributed by atoms with van der Waals surface area (Å²) >= 11 is 0. The zero-order valence-electron chi connectivity index (χ0n) is 13.7. The van der Waals surface area contributed by atoms with Crippen LogP contribution in [0.15, 0.2) is 4.99 Å². The second kappa shape index (κ2) is 8.12. The highest BCUT2D eigenvalue weighted by Crippen LogP contribution is 2.19. The molecular formula is C14H29N5O2S. The smallest absolute Gasteiger partial charge is 0.208 e. The summed E-state index contributed by atoms with van der Waals surface area (Å²) in [7, 11) is -1.34. The molecule has 0 amide bonds. The molecule has 22 heavy (non-hydrogen) atoms. The van der Waals surface area contributed by atoms with Gasteiger partial charge in [0.05, 0.1) is 6.26 Å². The SMILES string of the molecule is CN=C(NCCNS(C)(=O)=O)N1CCC(CN2CCCC2)C1. The van der Waals surface area contributed by atoms with Crippen LogP contribution in [0.4, 0.5) is 0 Å². The van der Waals surface area contributed by atoms with Crippen LogP contribution in [0.2, 0.25) is 0 Å². The average molecular weight is 331 g/mol. The zero-order valence-corrected chi connectivity index (χ0v) is 14.5. The lowest BCUT2D eigenvalue weighted by Crippen LogP contribution is -2.43. The first kappa shape index (κ1) is 17.5. The predicted molar refractivity (Wildman–Crippen MR) is 89.6 cm³/mol. The van der Waals surface area contributed by atoms with E-state index in [9.17, 15) is 8.42 Å². The minimum absolute atomic E-state index is 0.378. The number of nitrogens with zero attached hydrogens (tertiary/aromatic N) is 3. The highest BCUT2D eigenvalue weighted by Gasteiger charge is 2.27. The van der Waals surface area contributed by atoms with Crippen LogP contribution in [0, 0.1) is 5.92 Å². The molecule has 0 spiro atoms. The zero-order chi connectivity index (χ0) is 16.0. The lowest BCUT2D eigenvalue weighted by Gasteiger charge is -2.23. The standard InChI is InChI=1S/C14H29N5O2S/c1-15-14(16-6-7-17-22(2,20)21)19-10-5-13(12-19)11-18-8-3-4-9-18/h13,17H,3-12H2,1-2H3,(H,15,16). The third kappa shape index (κ3) is 5.73. The number of aliphatic imine (C=N–C) groups is 1. The minimum Gasteiger partial charge on any atom is -0.355 e. The van der Waals surface area contributed by atoms with Gasteiger partial charge in [0.1, 0.15) is 0 Å². The van der Waals surface area contributed by atoms with Gasteiger partial charge in [0.15, 0.2) is 5.96 Å². The van der Waals surface area contributed by atoms with Gasteiger partial charge in [-0.2, -0.15) is 0 Å². The molecule has 2 rings (SSSR count). The molecule has 2 saturated heterocycles. The summed E-state index contributed by atoms with van der Waals surface area (Å²) in [6, 6.07) is 0. The maximum atomic E-state index is 11.0. The highest BCUT2D eigenvalue weighted by molar-refractivity contribution is 7.88. The average Bonchev–Trinajstić information content (AvgIpc) is 3.10. The Morgan fingerprint density at radius 2 is 1.95 bits per heavy atom. The van der Waals surface area contributed by atoms with Gasteiger partial charge < -0.3 is 15.1 Å². The van der Waals surface area contributed by atoms with Crippen LogP contribution >= 0.6 is 0 Å². The van der Waals surface area contributed by atoms with Gasteiger partial charge in [0.2, 0.25) is 10.0 Å². The number of sulfonamides is 1. The lowest BCUT2D eigenvalue weighted by molar-refractivity contribution is 0.281. The molecule has 1 atom stereocenters. The van der Waals surface area contributed by atoms with E-state index in [0.717, 1.165) is 19.0 Å². The number of nitrogens with one attached hydrogen (secondary N) is 2. The molecule has 2 aliphatic heterocycles. The summed E-state index contributed by atoms with van der Waals surface area (Å²) in [4.78, 5) is 9.16. The van der Waals surface area contributed by atoms with E-state index in [4.69, 9.17) is 0 Å². The number of hydrogen-bond donors (Lipinski definition) is 2. The molecule has 2 fully saturated rings. The molecule has 7 nitrogen and oxygen atoms in total. The first-order valence-electron chi connectivity index (χ1n) is 8.10. The van der Waals surface area contributed by atoms with E-state index in [1.807, 2.05) is 0 Å². The molecule has 0 aromatic carbocycles. The van der Waals surface area contributed by atoms with E-state index in [-0.39, 0.29) is 0 Å². The van der Waals surface area contributed by atoms with Gasteiger partial charge in [-0.25, -0.2) is 13.1 Å². The fourth-order valence-corrected chi connectivity index (χ4v) is 3.72. The second-order valence-corrected chi connectivity index (χ2v) is 8.08. The van der Waals surface area contributed by atoms with E-state index >= 15 is 0 Å². The first-order valence-corrected chi connectivity index (χ1v) is 9.99. The Labute approximate surface area is 134 Å². The first-order chi connectivity index (χ1) is 10.5. The largest absolute Gasteiger partial charge is 0.355 e. The summed E-state index contributed by atoms with van der Waals surface area (Å²) in [5.41, 5.74) is 0. The molecule has 0 saturated carbocycles. The molecule has 2 heterocycles. The fraction of sp³-hybridized carbons (Fsp3) is 0.929. The van der Waals surface area contributed by atoms with Gasteiger partial charge >= 0.3 is 0 Å². The van der Waals surface area contributed by atoms with E-state index in [0.29, 0.717) is 19.0 Å². The van der Waals surface area contributed by atoms with Gasteiger partial charge in [-0.05, 0) is 38.3 Å². The molecule has 0 aliphatic carbocycles. The van der Waals surface area contributed by atoms with E-state index in [1.54, 1.807) is 7.05 Å². The lowest BCUT2D eigenvalue weighted by atomic mass is 10.1. The Bertz CT molecular complexity index is 474. The minimum atomic E-state index is -3.12. The Hall–Kier alpha value is -0.860. The van der Waals surface area contributed by atoms with E-state index in [2.05, 4.69) is 24.8 Å². The molecule has 0 aromatic rings. The topological polar surface area (TPSA) is 77.0 Å². The van der Waals surface area contributed by atoms with E-state index < -0.39 is 10.0 Å². The molecule has 1 unspecified atom stereocenters. The third-order valence-electron chi connectivity index (χ3n) is 4.28. The Balaban J connectivity index is 1.70. The van der Waals surface area contributed by atoms with Gasteiger partial charge in [-0.1, -0.05) is 0 Å². The van der Waals surface area contributed by atoms with E-state index in [1.165, 1.54) is 45.2 Å². The summed E-state index contributed by atoms with van der Waals surface area (Å²) < 4.78 is 24.5. The number of rotatable bonds is 6. The summed E-state index contributed by atoms with van der Waals surface area (Å²) in [5.74, 6) is 1.59. The maximum Gasteiger partial charge on any atom is 0.208 e. The van der Waals surface area contributed by atoms with Crippen LogP contribution in [-0.4, -0.2) is 83.3 Å². The van der Waals surface area contributed by atoms with Crippen molar-refractivity contribution in [1.82, 2.24) is 19.8 Å². The van der Waals surface area contributed by atoms with Crippen LogP contribution in [0.25, 0.3) is 0 Å². The second-order valence-electron chi connectivity index (χ2n) is 6.25.